The Morgan fingerprint density at radius 3 is 0.802 bits per heavy atom. The highest BCUT2D eigenvalue weighted by Crippen LogP contribution is 2.14. The number of ether oxygens (including phenoxy) is 3. The molecule has 6 nitrogen and oxygen atoms in total. The molecule has 81 heavy (non-hydrogen) atoms. The summed E-state index contributed by atoms with van der Waals surface area (Å²) in [7, 11) is 0. The average molecular weight is 1120 g/mol. The first kappa shape index (κ1) is 76.0. The molecule has 0 N–H and O–H groups in total. The van der Waals surface area contributed by atoms with Crippen LogP contribution in [0.4, 0.5) is 0 Å². The molecule has 0 aromatic rings. The number of carbonyl (C=O) groups is 3. The summed E-state index contributed by atoms with van der Waals surface area (Å²) >= 11 is 0. The highest BCUT2D eigenvalue weighted by molar-refractivity contribution is 5.71. The van der Waals surface area contributed by atoms with Crippen LogP contribution in [0, 0.1) is 0 Å². The first-order valence-corrected chi connectivity index (χ1v) is 33.0. The fraction of sp³-hybridized carbons (Fsp3) is 0.613. The maximum Gasteiger partial charge on any atom is 0.306 e. The highest BCUT2D eigenvalue weighted by Gasteiger charge is 2.19. The van der Waals surface area contributed by atoms with Crippen molar-refractivity contribution in [1.82, 2.24) is 0 Å². The molecule has 0 spiro atoms. The van der Waals surface area contributed by atoms with Crippen molar-refractivity contribution in [2.45, 2.75) is 284 Å². The Balaban J connectivity index is 4.39. The Morgan fingerprint density at radius 1 is 0.259 bits per heavy atom. The fourth-order valence-electron chi connectivity index (χ4n) is 8.63. The van der Waals surface area contributed by atoms with Crippen LogP contribution in [0.25, 0.3) is 0 Å². The SMILES string of the molecule is CC/C=C\C/C=C\C/C=C\C/C=C\C/C=C\C/C=C\C/C=C\CCCCCCCCCCCC(=O)OCC(COC(=O)CCCCCCC/C=C\CCCCCCCC)OC(=O)CCC/C=C\C/C=C\C/C=C\C/C=C\C/C=C\CC. The smallest absolute Gasteiger partial charge is 0.306 e. The Kier molecular flexibility index (Phi) is 63.4. The zero-order chi connectivity index (χ0) is 58.5. The average Bonchev–Trinajstić information content (AvgIpc) is 3.47. The van der Waals surface area contributed by atoms with Crippen LogP contribution in [0.15, 0.2) is 158 Å². The van der Waals surface area contributed by atoms with Gasteiger partial charge < -0.3 is 14.2 Å². The summed E-state index contributed by atoms with van der Waals surface area (Å²) in [5.41, 5.74) is 0. The van der Waals surface area contributed by atoms with Crippen molar-refractivity contribution in [1.29, 1.82) is 0 Å². The predicted molar refractivity (Wildman–Crippen MR) is 352 cm³/mol. The number of allylic oxidation sites excluding steroid dienone is 26. The minimum atomic E-state index is -0.822. The summed E-state index contributed by atoms with van der Waals surface area (Å²) in [6.45, 7) is 6.35. The van der Waals surface area contributed by atoms with Crippen LogP contribution in [0.2, 0.25) is 0 Å². The lowest BCUT2D eigenvalue weighted by molar-refractivity contribution is -0.167. The summed E-state index contributed by atoms with van der Waals surface area (Å²) < 4.78 is 16.9. The molecule has 0 aromatic carbocycles. The van der Waals surface area contributed by atoms with Gasteiger partial charge in [0.05, 0.1) is 0 Å². The van der Waals surface area contributed by atoms with Crippen molar-refractivity contribution >= 4 is 17.9 Å². The van der Waals surface area contributed by atoms with E-state index >= 15 is 0 Å². The monoisotopic (exact) mass is 1120 g/mol. The van der Waals surface area contributed by atoms with Crippen LogP contribution in [-0.2, 0) is 28.6 Å². The first-order valence-electron chi connectivity index (χ1n) is 33.0. The molecule has 0 aromatic heterocycles. The molecule has 0 radical (unpaired) electrons. The highest BCUT2D eigenvalue weighted by atomic mass is 16.6. The van der Waals surface area contributed by atoms with Gasteiger partial charge in [0, 0.05) is 19.3 Å². The topological polar surface area (TPSA) is 78.9 Å². The molecule has 0 aliphatic rings. The molecule has 0 heterocycles. The quantitative estimate of drug-likeness (QED) is 0.0261. The molecular weight excluding hydrogens is 997 g/mol. The number of hydrogen-bond donors (Lipinski definition) is 0. The van der Waals surface area contributed by atoms with Crippen LogP contribution in [0.1, 0.15) is 278 Å². The van der Waals surface area contributed by atoms with Crippen LogP contribution in [0.5, 0.6) is 0 Å². The van der Waals surface area contributed by atoms with Crippen molar-refractivity contribution in [3.63, 3.8) is 0 Å². The summed E-state index contributed by atoms with van der Waals surface area (Å²) in [5, 5.41) is 0. The van der Waals surface area contributed by atoms with Crippen LogP contribution < -0.4 is 0 Å². The largest absolute Gasteiger partial charge is 0.462 e. The summed E-state index contributed by atoms with van der Waals surface area (Å²) in [5.74, 6) is -0.986. The van der Waals surface area contributed by atoms with Gasteiger partial charge in [0.25, 0.3) is 0 Å². The van der Waals surface area contributed by atoms with Gasteiger partial charge in [0.2, 0.25) is 0 Å². The molecule has 1 atom stereocenters. The molecule has 6 heteroatoms. The fourth-order valence-corrected chi connectivity index (χ4v) is 8.63. The third-order valence-electron chi connectivity index (χ3n) is 13.5. The lowest BCUT2D eigenvalue weighted by Gasteiger charge is -2.18. The lowest BCUT2D eigenvalue weighted by Crippen LogP contribution is -2.30. The van der Waals surface area contributed by atoms with E-state index in [0.717, 1.165) is 141 Å². The van der Waals surface area contributed by atoms with Crippen molar-refractivity contribution in [3.8, 4) is 0 Å². The number of rotatable bonds is 58. The van der Waals surface area contributed by atoms with E-state index in [-0.39, 0.29) is 37.5 Å². The van der Waals surface area contributed by atoms with Gasteiger partial charge in [-0.15, -0.1) is 0 Å². The van der Waals surface area contributed by atoms with E-state index in [1.54, 1.807) is 0 Å². The number of carbonyl (C=O) groups excluding carboxylic acids is 3. The summed E-state index contributed by atoms with van der Waals surface area (Å²) in [6.07, 6.45) is 98.3. The molecule has 0 amide bonds. The molecule has 0 rings (SSSR count). The zero-order valence-corrected chi connectivity index (χ0v) is 52.2. The predicted octanol–water partition coefficient (Wildman–Crippen LogP) is 22.9. The Labute approximate surface area is 499 Å². The summed E-state index contributed by atoms with van der Waals surface area (Å²) in [6, 6.07) is 0. The van der Waals surface area contributed by atoms with Gasteiger partial charge in [0.1, 0.15) is 13.2 Å². The van der Waals surface area contributed by atoms with Crippen molar-refractivity contribution in [2.24, 2.45) is 0 Å². The van der Waals surface area contributed by atoms with Gasteiger partial charge >= 0.3 is 17.9 Å². The van der Waals surface area contributed by atoms with Crippen molar-refractivity contribution in [2.75, 3.05) is 13.2 Å². The zero-order valence-electron chi connectivity index (χ0n) is 52.2. The first-order chi connectivity index (χ1) is 40.0. The molecule has 0 bridgehead atoms. The van der Waals surface area contributed by atoms with Gasteiger partial charge in [-0.3, -0.25) is 14.4 Å². The standard InChI is InChI=1S/C75H120O6/c1-4-7-10-13-16-19-22-25-28-30-31-32-33-34-35-36-37-38-39-40-41-42-43-45-47-50-53-56-59-62-65-68-74(77)80-71-72(70-79-73(76)67-64-61-58-55-52-49-46-27-24-21-18-15-12-9-6-3)81-75(78)69-66-63-60-57-54-51-48-44-29-26-23-20-17-14-11-8-5-2/h7-8,10-11,16-17,19-20,25-29,31-32,34-35,37-38,40-41,46,48,51,57,60,72H,4-6,9,12-15,18,21-24,30,33,36,39,42-45,47,49-50,52-56,58-59,61-71H2,1-3H3/b10-7-,11-8-,19-16-,20-17-,28-25-,29-26-,32-31-,35-34-,38-37-,41-40-,46-27-,51-48-,60-57-. The van der Waals surface area contributed by atoms with E-state index in [4.69, 9.17) is 14.2 Å². The number of hydrogen-bond acceptors (Lipinski definition) is 6. The molecule has 0 fully saturated rings. The molecule has 0 aliphatic heterocycles. The second-order valence-electron chi connectivity index (χ2n) is 21.3. The summed E-state index contributed by atoms with van der Waals surface area (Å²) in [4.78, 5) is 38.3. The third kappa shape index (κ3) is 65.7. The van der Waals surface area contributed by atoms with E-state index in [2.05, 4.69) is 179 Å². The van der Waals surface area contributed by atoms with Gasteiger partial charge in [0.15, 0.2) is 6.10 Å². The minimum absolute atomic E-state index is 0.112. The molecule has 456 valence electrons. The second kappa shape index (κ2) is 67.5. The van der Waals surface area contributed by atoms with Crippen LogP contribution in [0.3, 0.4) is 0 Å². The Hall–Kier alpha value is -4.97. The molecule has 0 saturated carbocycles. The van der Waals surface area contributed by atoms with Crippen LogP contribution in [-0.4, -0.2) is 37.2 Å². The van der Waals surface area contributed by atoms with Gasteiger partial charge in [-0.1, -0.05) is 275 Å². The van der Waals surface area contributed by atoms with E-state index in [1.807, 2.05) is 0 Å². The number of esters is 3. The molecule has 0 aliphatic carbocycles. The van der Waals surface area contributed by atoms with E-state index in [9.17, 15) is 14.4 Å². The Bertz CT molecular complexity index is 1810. The Morgan fingerprint density at radius 2 is 0.494 bits per heavy atom. The van der Waals surface area contributed by atoms with Crippen molar-refractivity contribution in [3.05, 3.63) is 158 Å². The third-order valence-corrected chi connectivity index (χ3v) is 13.5. The van der Waals surface area contributed by atoms with Crippen LogP contribution >= 0.6 is 0 Å². The number of unbranched alkanes of at least 4 members (excludes halogenated alkanes) is 21. The second-order valence-corrected chi connectivity index (χ2v) is 21.3. The van der Waals surface area contributed by atoms with Gasteiger partial charge in [-0.25, -0.2) is 0 Å². The van der Waals surface area contributed by atoms with E-state index in [1.165, 1.54) is 89.9 Å². The van der Waals surface area contributed by atoms with Gasteiger partial charge in [-0.05, 0) is 141 Å². The molecule has 0 saturated heterocycles. The van der Waals surface area contributed by atoms with E-state index < -0.39 is 6.10 Å². The van der Waals surface area contributed by atoms with Crippen molar-refractivity contribution < 1.29 is 28.6 Å². The molecular formula is C75H120O6. The van der Waals surface area contributed by atoms with Gasteiger partial charge in [-0.2, -0.15) is 0 Å². The maximum absolute atomic E-state index is 12.9. The van der Waals surface area contributed by atoms with E-state index in [0.29, 0.717) is 19.3 Å². The minimum Gasteiger partial charge on any atom is -0.462 e. The molecule has 1 unspecified atom stereocenters. The normalized spacial score (nSPS) is 13.2. The lowest BCUT2D eigenvalue weighted by atomic mass is 10.1. The maximum atomic E-state index is 12.9.